The number of carbonyl (C=O) groups is 2. The summed E-state index contributed by atoms with van der Waals surface area (Å²) >= 11 is 0. The first-order chi connectivity index (χ1) is 14.1. The van der Waals surface area contributed by atoms with Crippen LogP contribution in [0.3, 0.4) is 0 Å². The minimum atomic E-state index is -0.224. The number of rotatable bonds is 6. The van der Waals surface area contributed by atoms with Crippen LogP contribution < -0.4 is 19.7 Å². The number of nitrogens with one attached hydrogen (secondary N) is 1. The Morgan fingerprint density at radius 2 is 1.66 bits per heavy atom. The van der Waals surface area contributed by atoms with Gasteiger partial charge in [-0.15, -0.1) is 0 Å². The molecule has 0 saturated carbocycles. The summed E-state index contributed by atoms with van der Waals surface area (Å²) in [5, 5.41) is 3.00. The van der Waals surface area contributed by atoms with Crippen LogP contribution >= 0.6 is 0 Å². The van der Waals surface area contributed by atoms with Gasteiger partial charge in [0.1, 0.15) is 0 Å². The van der Waals surface area contributed by atoms with Gasteiger partial charge in [0.2, 0.25) is 5.91 Å². The molecule has 1 N–H and O–H groups in total. The number of hydrogen-bond acceptors (Lipinski definition) is 5. The Balaban J connectivity index is 1.74. The lowest BCUT2D eigenvalue weighted by Gasteiger charge is -2.36. The lowest BCUT2D eigenvalue weighted by atomic mass is 10.1. The smallest absolute Gasteiger partial charge is 0.255 e. The largest absolute Gasteiger partial charge is 0.493 e. The highest BCUT2D eigenvalue weighted by Gasteiger charge is 2.22. The van der Waals surface area contributed by atoms with Gasteiger partial charge in [-0.1, -0.05) is 19.1 Å². The minimum absolute atomic E-state index is 0.180. The van der Waals surface area contributed by atoms with Crippen molar-refractivity contribution in [2.24, 2.45) is 0 Å². The summed E-state index contributed by atoms with van der Waals surface area (Å²) in [6.45, 7) is 4.72. The van der Waals surface area contributed by atoms with Crippen LogP contribution in [0.1, 0.15) is 23.7 Å². The number of carbonyl (C=O) groups excluding carboxylic acids is 2. The molecule has 7 nitrogen and oxygen atoms in total. The molecular formula is C22H27N3O4. The Hall–Kier alpha value is -3.22. The van der Waals surface area contributed by atoms with Crippen LogP contribution in [0.5, 0.6) is 11.5 Å². The topological polar surface area (TPSA) is 71.1 Å². The molecule has 0 bridgehead atoms. The second kappa shape index (κ2) is 9.32. The fourth-order valence-corrected chi connectivity index (χ4v) is 3.45. The average molecular weight is 397 g/mol. The van der Waals surface area contributed by atoms with Crippen LogP contribution in [0.25, 0.3) is 0 Å². The quantitative estimate of drug-likeness (QED) is 0.811. The zero-order valence-corrected chi connectivity index (χ0v) is 17.1. The second-order valence-corrected chi connectivity index (χ2v) is 6.76. The zero-order chi connectivity index (χ0) is 20.8. The molecule has 1 aliphatic heterocycles. The fraction of sp³-hybridized carbons (Fsp3) is 0.364. The van der Waals surface area contributed by atoms with Crippen LogP contribution in [-0.2, 0) is 4.79 Å². The number of hydrogen-bond donors (Lipinski definition) is 1. The Labute approximate surface area is 171 Å². The van der Waals surface area contributed by atoms with E-state index in [4.69, 9.17) is 9.47 Å². The number of amides is 2. The minimum Gasteiger partial charge on any atom is -0.493 e. The van der Waals surface area contributed by atoms with E-state index in [-0.39, 0.29) is 11.8 Å². The summed E-state index contributed by atoms with van der Waals surface area (Å²) in [4.78, 5) is 28.8. The molecule has 2 amide bonds. The van der Waals surface area contributed by atoms with Crippen molar-refractivity contribution in [3.8, 4) is 11.5 Å². The van der Waals surface area contributed by atoms with Gasteiger partial charge in [0.15, 0.2) is 11.5 Å². The molecule has 154 valence electrons. The zero-order valence-electron chi connectivity index (χ0n) is 17.1. The van der Waals surface area contributed by atoms with Gasteiger partial charge in [-0.3, -0.25) is 9.59 Å². The van der Waals surface area contributed by atoms with E-state index in [1.54, 1.807) is 25.3 Å². The van der Waals surface area contributed by atoms with E-state index < -0.39 is 0 Å². The predicted octanol–water partition coefficient (Wildman–Crippen LogP) is 3.01. The van der Waals surface area contributed by atoms with Crippen LogP contribution in [0.15, 0.2) is 42.5 Å². The molecule has 3 rings (SSSR count). The molecule has 0 spiro atoms. The molecular weight excluding hydrogens is 370 g/mol. The van der Waals surface area contributed by atoms with Crippen LogP contribution in [-0.4, -0.2) is 57.1 Å². The van der Waals surface area contributed by atoms with Gasteiger partial charge in [0.05, 0.1) is 25.6 Å². The number of methoxy groups -OCH3 is 2. The van der Waals surface area contributed by atoms with Crippen LogP contribution in [0.4, 0.5) is 11.4 Å². The van der Waals surface area contributed by atoms with Gasteiger partial charge in [-0.05, 0) is 30.3 Å². The maximum atomic E-state index is 12.8. The van der Waals surface area contributed by atoms with Gasteiger partial charge in [-0.2, -0.15) is 0 Å². The van der Waals surface area contributed by atoms with Crippen LogP contribution in [0, 0.1) is 0 Å². The molecule has 1 fully saturated rings. The third-order valence-electron chi connectivity index (χ3n) is 5.07. The van der Waals surface area contributed by atoms with Gasteiger partial charge in [0.25, 0.3) is 5.91 Å². The van der Waals surface area contributed by atoms with Crippen molar-refractivity contribution < 1.29 is 19.1 Å². The maximum absolute atomic E-state index is 12.8. The summed E-state index contributed by atoms with van der Waals surface area (Å²) < 4.78 is 10.5. The normalized spacial score (nSPS) is 13.8. The molecule has 0 unspecified atom stereocenters. The van der Waals surface area contributed by atoms with E-state index in [0.717, 1.165) is 24.5 Å². The fourth-order valence-electron chi connectivity index (χ4n) is 3.45. The van der Waals surface area contributed by atoms with E-state index in [0.29, 0.717) is 36.6 Å². The van der Waals surface area contributed by atoms with Crippen molar-refractivity contribution in [3.05, 3.63) is 48.0 Å². The van der Waals surface area contributed by atoms with Gasteiger partial charge >= 0.3 is 0 Å². The highest BCUT2D eigenvalue weighted by molar-refractivity contribution is 6.06. The molecule has 7 heteroatoms. The molecule has 1 saturated heterocycles. The molecule has 0 atom stereocenters. The standard InChI is InChI=1S/C22H27N3O4/c1-4-21(26)25-13-11-24(12-14-25)18-8-6-5-7-17(18)23-22(27)16-9-10-19(28-2)20(15-16)29-3/h5-10,15H,4,11-14H2,1-3H3,(H,23,27). The number of ether oxygens (including phenoxy) is 2. The molecule has 0 aromatic heterocycles. The van der Waals surface area contributed by atoms with Crippen LogP contribution in [0.2, 0.25) is 0 Å². The van der Waals surface area contributed by atoms with E-state index in [9.17, 15) is 9.59 Å². The lowest BCUT2D eigenvalue weighted by molar-refractivity contribution is -0.131. The monoisotopic (exact) mass is 397 g/mol. The van der Waals surface area contributed by atoms with Crippen molar-refractivity contribution in [2.75, 3.05) is 50.6 Å². The Kier molecular flexibility index (Phi) is 6.59. The summed E-state index contributed by atoms with van der Waals surface area (Å²) in [5.74, 6) is 1.03. The van der Waals surface area contributed by atoms with E-state index >= 15 is 0 Å². The van der Waals surface area contributed by atoms with Gasteiger partial charge in [0, 0.05) is 38.2 Å². The van der Waals surface area contributed by atoms with Crippen molar-refractivity contribution in [2.45, 2.75) is 13.3 Å². The third kappa shape index (κ3) is 4.62. The number of benzene rings is 2. The molecule has 29 heavy (non-hydrogen) atoms. The molecule has 0 radical (unpaired) electrons. The molecule has 2 aromatic carbocycles. The maximum Gasteiger partial charge on any atom is 0.255 e. The first kappa shape index (κ1) is 20.5. The number of para-hydroxylation sites is 2. The summed E-state index contributed by atoms with van der Waals surface area (Å²) in [6.07, 6.45) is 0.526. The third-order valence-corrected chi connectivity index (χ3v) is 5.07. The summed E-state index contributed by atoms with van der Waals surface area (Å²) in [7, 11) is 3.10. The van der Waals surface area contributed by atoms with Crippen molar-refractivity contribution in [1.29, 1.82) is 0 Å². The molecule has 0 aliphatic carbocycles. The van der Waals surface area contributed by atoms with Crippen molar-refractivity contribution in [3.63, 3.8) is 0 Å². The van der Waals surface area contributed by atoms with Crippen molar-refractivity contribution in [1.82, 2.24) is 4.90 Å². The molecule has 1 aliphatic rings. The van der Waals surface area contributed by atoms with E-state index in [2.05, 4.69) is 10.2 Å². The van der Waals surface area contributed by atoms with Crippen molar-refractivity contribution >= 4 is 23.2 Å². The number of piperazine rings is 1. The van der Waals surface area contributed by atoms with Gasteiger partial charge in [-0.25, -0.2) is 0 Å². The van der Waals surface area contributed by atoms with E-state index in [1.165, 1.54) is 7.11 Å². The average Bonchev–Trinajstić information content (AvgIpc) is 2.78. The number of nitrogens with zero attached hydrogens (tertiary/aromatic N) is 2. The summed E-state index contributed by atoms with van der Waals surface area (Å²) in [6, 6.07) is 12.8. The highest BCUT2D eigenvalue weighted by Crippen LogP contribution is 2.30. The SMILES string of the molecule is CCC(=O)N1CCN(c2ccccc2NC(=O)c2ccc(OC)c(OC)c2)CC1. The van der Waals surface area contributed by atoms with Gasteiger partial charge < -0.3 is 24.6 Å². The Bertz CT molecular complexity index is 876. The Morgan fingerprint density at radius 1 is 0.966 bits per heavy atom. The molecule has 2 aromatic rings. The second-order valence-electron chi connectivity index (χ2n) is 6.76. The van der Waals surface area contributed by atoms with E-state index in [1.807, 2.05) is 36.1 Å². The first-order valence-corrected chi connectivity index (χ1v) is 9.72. The summed E-state index contributed by atoms with van der Waals surface area (Å²) in [5.41, 5.74) is 2.17. The Morgan fingerprint density at radius 3 is 2.31 bits per heavy atom. The highest BCUT2D eigenvalue weighted by atomic mass is 16.5. The number of anilines is 2. The molecule has 1 heterocycles. The first-order valence-electron chi connectivity index (χ1n) is 9.72. The lowest BCUT2D eigenvalue weighted by Crippen LogP contribution is -2.48. The predicted molar refractivity (Wildman–Crippen MR) is 113 cm³/mol.